The largest absolute Gasteiger partial charge is 0.492 e. The maximum absolute atomic E-state index is 13.9. The molecular weight excluding hydrogens is 556 g/mol. The molecule has 3 aliphatic rings. The number of nitrogens with zero attached hydrogens (tertiary/aromatic N) is 3. The van der Waals surface area contributed by atoms with Crippen LogP contribution in [-0.4, -0.2) is 84.7 Å². The predicted molar refractivity (Wildman–Crippen MR) is 156 cm³/mol. The van der Waals surface area contributed by atoms with Crippen molar-refractivity contribution in [2.45, 2.75) is 54.8 Å². The van der Waals surface area contributed by atoms with Gasteiger partial charge < -0.3 is 19.9 Å². The number of sulfonamides is 1. The van der Waals surface area contributed by atoms with Crippen LogP contribution in [0, 0.1) is 0 Å². The Bertz CT molecular complexity index is 1540. The Hall–Kier alpha value is -3.51. The number of hydrogen-bond donors (Lipinski definition) is 2. The van der Waals surface area contributed by atoms with Gasteiger partial charge in [0.25, 0.3) is 0 Å². The molecule has 0 saturated carbocycles. The van der Waals surface area contributed by atoms with Crippen LogP contribution < -0.4 is 14.8 Å². The fourth-order valence-electron chi connectivity index (χ4n) is 6.31. The van der Waals surface area contributed by atoms with E-state index in [2.05, 4.69) is 15.2 Å². The van der Waals surface area contributed by atoms with Crippen LogP contribution in [0.2, 0.25) is 0 Å². The van der Waals surface area contributed by atoms with Crippen molar-refractivity contribution in [3.8, 4) is 22.8 Å². The lowest BCUT2D eigenvalue weighted by Crippen LogP contribution is -2.59. The molecule has 2 fully saturated rings. The predicted octanol–water partition coefficient (Wildman–Crippen LogP) is 2.81. The number of carbonyl (C=O) groups excluding carboxylic acids is 1. The molecule has 4 heterocycles. The lowest BCUT2D eigenvalue weighted by Gasteiger charge is -2.43. The molecule has 10 nitrogen and oxygen atoms in total. The van der Waals surface area contributed by atoms with Crippen molar-refractivity contribution >= 4 is 15.9 Å². The Kier molecular flexibility index (Phi) is 7.93. The van der Waals surface area contributed by atoms with Gasteiger partial charge in [-0.25, -0.2) is 13.4 Å². The van der Waals surface area contributed by atoms with Gasteiger partial charge in [0.1, 0.15) is 16.7 Å². The van der Waals surface area contributed by atoms with E-state index in [9.17, 15) is 18.3 Å². The number of ether oxygens (including phenoxy) is 2. The van der Waals surface area contributed by atoms with E-state index in [1.807, 2.05) is 42.5 Å². The van der Waals surface area contributed by atoms with Gasteiger partial charge in [-0.2, -0.15) is 4.31 Å². The van der Waals surface area contributed by atoms with Crippen molar-refractivity contribution in [2.24, 2.45) is 0 Å². The zero-order valence-corrected chi connectivity index (χ0v) is 24.4. The first kappa shape index (κ1) is 28.6. The highest BCUT2D eigenvalue weighted by molar-refractivity contribution is 7.89. The second-order valence-electron chi connectivity index (χ2n) is 11.3. The maximum atomic E-state index is 13.9. The molecule has 42 heavy (non-hydrogen) atoms. The van der Waals surface area contributed by atoms with Gasteiger partial charge in [-0.05, 0) is 42.2 Å². The van der Waals surface area contributed by atoms with E-state index in [4.69, 9.17) is 9.47 Å². The number of aliphatic hydroxyl groups is 1. The first-order valence-electron chi connectivity index (χ1n) is 14.3. The van der Waals surface area contributed by atoms with E-state index in [1.165, 1.54) is 0 Å². The molecule has 0 unspecified atom stereocenters. The van der Waals surface area contributed by atoms with Gasteiger partial charge in [0.2, 0.25) is 21.8 Å². The molecule has 2 N–H and O–H groups in total. The number of hydrogen-bond acceptors (Lipinski definition) is 8. The number of fused-ring (bicyclic) bond motifs is 2. The highest BCUT2D eigenvalue weighted by Gasteiger charge is 2.47. The monoisotopic (exact) mass is 592 g/mol. The molecule has 1 amide bonds. The second-order valence-corrected chi connectivity index (χ2v) is 13.2. The summed E-state index contributed by atoms with van der Waals surface area (Å²) in [5, 5.41) is 13.7. The quantitative estimate of drug-likeness (QED) is 0.475. The summed E-state index contributed by atoms with van der Waals surface area (Å²) >= 11 is 0. The smallest absolute Gasteiger partial charge is 0.247 e. The van der Waals surface area contributed by atoms with Crippen molar-refractivity contribution in [3.63, 3.8) is 0 Å². The molecule has 1 aromatic heterocycles. The number of carbonyl (C=O) groups is 1. The van der Waals surface area contributed by atoms with Crippen LogP contribution in [0.15, 0.2) is 71.8 Å². The highest BCUT2D eigenvalue weighted by atomic mass is 32.2. The van der Waals surface area contributed by atoms with E-state index in [0.29, 0.717) is 31.7 Å². The normalized spacial score (nSPS) is 24.1. The second kappa shape index (κ2) is 11.6. The maximum Gasteiger partial charge on any atom is 0.247 e. The SMILES string of the molecule is COc1ncccc1CN1CCC2(CCOc3cc(-c4ccccc4)ccc3S(=O)(=O)N3C[C@H](O)C[C@H]3C(=O)N2)CC1. The number of nitrogens with one attached hydrogen (secondary N) is 1. The van der Waals surface area contributed by atoms with Crippen LogP contribution in [-0.2, 0) is 21.4 Å². The van der Waals surface area contributed by atoms with E-state index >= 15 is 0 Å². The topological polar surface area (TPSA) is 121 Å². The first-order chi connectivity index (χ1) is 20.3. The molecule has 2 atom stereocenters. The standard InChI is InChI=1S/C31H36N4O6S/c1-40-30-24(8-5-14-32-30)20-34-15-11-31(12-16-34)13-17-41-27-18-23(22-6-3-2-4-7-22)9-10-28(27)42(38,39)35-21-25(36)19-26(35)29(37)33-31/h2-10,14,18,25-26,36H,11-13,15-17,19-21H2,1H3,(H,33,37)/t25-,26+/m1/s1. The Morgan fingerprint density at radius 1 is 1.07 bits per heavy atom. The zero-order chi connectivity index (χ0) is 29.3. The molecule has 2 saturated heterocycles. The van der Waals surface area contributed by atoms with Crippen LogP contribution in [0.25, 0.3) is 11.1 Å². The van der Waals surface area contributed by atoms with Crippen molar-refractivity contribution in [3.05, 3.63) is 72.4 Å². The van der Waals surface area contributed by atoms with E-state index in [1.54, 1.807) is 31.5 Å². The molecule has 222 valence electrons. The van der Waals surface area contributed by atoms with Crippen molar-refractivity contribution in [1.29, 1.82) is 0 Å². The molecule has 1 spiro atoms. The van der Waals surface area contributed by atoms with Crippen LogP contribution in [0.4, 0.5) is 0 Å². The Labute approximate surface area is 246 Å². The molecule has 0 aliphatic carbocycles. The summed E-state index contributed by atoms with van der Waals surface area (Å²) in [6.07, 6.45) is 2.68. The van der Waals surface area contributed by atoms with Crippen LogP contribution in [0.1, 0.15) is 31.2 Å². The third-order valence-electron chi connectivity index (χ3n) is 8.65. The molecular formula is C31H36N4O6S. The Morgan fingerprint density at radius 2 is 1.86 bits per heavy atom. The van der Waals surface area contributed by atoms with E-state index in [0.717, 1.165) is 34.1 Å². The molecule has 11 heteroatoms. The van der Waals surface area contributed by atoms with Crippen LogP contribution >= 0.6 is 0 Å². The molecule has 0 bridgehead atoms. The van der Waals surface area contributed by atoms with Gasteiger partial charge in [-0.15, -0.1) is 0 Å². The molecule has 0 radical (unpaired) electrons. The lowest BCUT2D eigenvalue weighted by atomic mass is 9.84. The minimum absolute atomic E-state index is 0.00488. The number of amides is 1. The zero-order valence-electron chi connectivity index (χ0n) is 23.6. The summed E-state index contributed by atoms with van der Waals surface area (Å²) in [6.45, 7) is 2.22. The van der Waals surface area contributed by atoms with Gasteiger partial charge >= 0.3 is 0 Å². The fraction of sp³-hybridized carbons (Fsp3) is 0.419. The van der Waals surface area contributed by atoms with Gasteiger partial charge in [0.15, 0.2) is 0 Å². The van der Waals surface area contributed by atoms with Gasteiger partial charge in [0, 0.05) is 56.3 Å². The van der Waals surface area contributed by atoms with Gasteiger partial charge in [-0.3, -0.25) is 9.69 Å². The number of benzene rings is 2. The third kappa shape index (κ3) is 5.61. The first-order valence-corrected chi connectivity index (χ1v) is 15.8. The van der Waals surface area contributed by atoms with Crippen LogP contribution in [0.5, 0.6) is 11.6 Å². The number of pyridine rings is 1. The number of aromatic nitrogens is 1. The number of methoxy groups -OCH3 is 1. The average molecular weight is 593 g/mol. The molecule has 3 aliphatic heterocycles. The van der Waals surface area contributed by atoms with Crippen molar-refractivity contribution in [1.82, 2.24) is 19.5 Å². The summed E-state index contributed by atoms with van der Waals surface area (Å²) in [7, 11) is -2.52. The van der Waals surface area contributed by atoms with Crippen LogP contribution in [0.3, 0.4) is 0 Å². The molecule has 2 aromatic carbocycles. The Morgan fingerprint density at radius 3 is 2.62 bits per heavy atom. The van der Waals surface area contributed by atoms with E-state index < -0.39 is 27.7 Å². The fourth-order valence-corrected chi connectivity index (χ4v) is 8.06. The molecule has 6 rings (SSSR count). The number of likely N-dealkylation sites (tertiary alicyclic amines) is 1. The summed E-state index contributed by atoms with van der Waals surface area (Å²) in [5.41, 5.74) is 2.20. The average Bonchev–Trinajstić information content (AvgIpc) is 3.41. The summed E-state index contributed by atoms with van der Waals surface area (Å²) < 4.78 is 40.7. The van der Waals surface area contributed by atoms with E-state index in [-0.39, 0.29) is 36.1 Å². The third-order valence-corrected chi connectivity index (χ3v) is 10.6. The number of aliphatic hydroxyl groups excluding tert-OH is 1. The summed E-state index contributed by atoms with van der Waals surface area (Å²) in [4.78, 5) is 20.3. The number of rotatable bonds is 4. The summed E-state index contributed by atoms with van der Waals surface area (Å²) in [5.74, 6) is 0.480. The highest BCUT2D eigenvalue weighted by Crippen LogP contribution is 2.37. The Balaban J connectivity index is 1.29. The summed E-state index contributed by atoms with van der Waals surface area (Å²) in [6, 6.07) is 17.6. The molecule has 3 aromatic rings. The lowest BCUT2D eigenvalue weighted by molar-refractivity contribution is -0.127. The van der Waals surface area contributed by atoms with Crippen molar-refractivity contribution < 1.29 is 27.8 Å². The van der Waals surface area contributed by atoms with Crippen molar-refractivity contribution in [2.75, 3.05) is 33.4 Å². The van der Waals surface area contributed by atoms with Gasteiger partial charge in [-0.1, -0.05) is 42.5 Å². The number of piperidine rings is 1. The van der Waals surface area contributed by atoms with Gasteiger partial charge in [0.05, 0.1) is 19.8 Å². The minimum atomic E-state index is -4.13. The minimum Gasteiger partial charge on any atom is -0.492 e.